The molecule has 188 valence electrons. The Kier molecular flexibility index (Phi) is 5.61. The van der Waals surface area contributed by atoms with E-state index in [1.165, 1.54) is 6.07 Å². The van der Waals surface area contributed by atoms with Gasteiger partial charge in [-0.05, 0) is 64.9 Å². The molecular formula is C26H23ClN6O3S. The number of rotatable bonds is 5. The summed E-state index contributed by atoms with van der Waals surface area (Å²) in [6.45, 7) is 4.42. The highest BCUT2D eigenvalue weighted by Crippen LogP contribution is 2.57. The number of halogens is 1. The topological polar surface area (TPSA) is 113 Å². The molecule has 2 amide bonds. The minimum absolute atomic E-state index is 0.00137. The van der Waals surface area contributed by atoms with Crippen LogP contribution in [0.5, 0.6) is 5.75 Å². The molecule has 2 fully saturated rings. The molecule has 3 aromatic carbocycles. The lowest BCUT2D eigenvalue weighted by Crippen LogP contribution is -2.68. The Morgan fingerprint density at radius 2 is 1.92 bits per heavy atom. The van der Waals surface area contributed by atoms with Crippen molar-refractivity contribution in [3.63, 3.8) is 0 Å². The van der Waals surface area contributed by atoms with Gasteiger partial charge in [-0.2, -0.15) is 0 Å². The number of β-lactam (4-membered cyclic amide) rings is 1. The van der Waals surface area contributed by atoms with Gasteiger partial charge in [0.1, 0.15) is 23.2 Å². The van der Waals surface area contributed by atoms with Crippen molar-refractivity contribution in [3.8, 4) is 5.75 Å². The molecular weight excluding hydrogens is 512 g/mol. The number of thioether (sulfide) groups is 1. The zero-order valence-electron chi connectivity index (χ0n) is 20.0. The van der Waals surface area contributed by atoms with Gasteiger partial charge in [-0.3, -0.25) is 9.59 Å². The fourth-order valence-corrected chi connectivity index (χ4v) is 6.89. The number of fused-ring (bicyclic) bond motifs is 2. The predicted molar refractivity (Wildman–Crippen MR) is 140 cm³/mol. The molecule has 11 heteroatoms. The molecule has 2 N–H and O–H groups in total. The smallest absolute Gasteiger partial charge is 0.252 e. The lowest BCUT2D eigenvalue weighted by atomic mass is 9.95. The van der Waals surface area contributed by atoms with E-state index in [9.17, 15) is 14.7 Å². The maximum atomic E-state index is 13.3. The van der Waals surface area contributed by atoms with Crippen LogP contribution in [-0.2, 0) is 11.3 Å². The Morgan fingerprint density at radius 1 is 1.14 bits per heavy atom. The van der Waals surface area contributed by atoms with E-state index < -0.39 is 10.8 Å². The molecule has 2 saturated heterocycles. The maximum absolute atomic E-state index is 13.3. The molecule has 37 heavy (non-hydrogen) atoms. The van der Waals surface area contributed by atoms with Crippen LogP contribution in [0.25, 0.3) is 10.8 Å². The zero-order valence-corrected chi connectivity index (χ0v) is 21.6. The van der Waals surface area contributed by atoms with Gasteiger partial charge in [-0.25, -0.2) is 4.68 Å². The highest BCUT2D eigenvalue weighted by Gasteiger charge is 2.63. The Morgan fingerprint density at radius 3 is 2.70 bits per heavy atom. The van der Waals surface area contributed by atoms with Gasteiger partial charge in [0.25, 0.3) is 5.91 Å². The number of aromatic nitrogens is 4. The van der Waals surface area contributed by atoms with Crippen molar-refractivity contribution in [3.05, 3.63) is 82.6 Å². The van der Waals surface area contributed by atoms with E-state index in [0.717, 1.165) is 16.3 Å². The van der Waals surface area contributed by atoms with Crippen LogP contribution >= 0.6 is 23.4 Å². The van der Waals surface area contributed by atoms with Crippen LogP contribution in [0.2, 0.25) is 5.02 Å². The summed E-state index contributed by atoms with van der Waals surface area (Å²) in [5.41, 5.74) is 1.33. The average Bonchev–Trinajstić information content (AvgIpc) is 3.43. The third-order valence-electron chi connectivity index (χ3n) is 6.89. The Bertz CT molecular complexity index is 1560. The van der Waals surface area contributed by atoms with Crippen molar-refractivity contribution in [1.82, 2.24) is 30.4 Å². The van der Waals surface area contributed by atoms with Crippen molar-refractivity contribution >= 4 is 45.9 Å². The highest BCUT2D eigenvalue weighted by atomic mass is 35.5. The van der Waals surface area contributed by atoms with Gasteiger partial charge >= 0.3 is 0 Å². The number of amides is 2. The van der Waals surface area contributed by atoms with Gasteiger partial charge in [0.2, 0.25) is 5.91 Å². The lowest BCUT2D eigenvalue weighted by molar-refractivity contribution is -0.149. The fraction of sp³-hybridized carbons (Fsp3) is 0.269. The number of tetrazole rings is 1. The first-order chi connectivity index (χ1) is 17.7. The fourth-order valence-electron chi connectivity index (χ4n) is 5.06. The predicted octanol–water partition coefficient (Wildman–Crippen LogP) is 3.77. The van der Waals surface area contributed by atoms with Crippen LogP contribution in [0.15, 0.2) is 60.7 Å². The van der Waals surface area contributed by atoms with E-state index in [1.54, 1.807) is 39.5 Å². The van der Waals surface area contributed by atoms with Crippen molar-refractivity contribution in [2.24, 2.45) is 0 Å². The number of nitrogens with zero attached hydrogens (tertiary/aromatic N) is 5. The minimum Gasteiger partial charge on any atom is -0.506 e. The molecule has 6 rings (SSSR count). The summed E-state index contributed by atoms with van der Waals surface area (Å²) in [5.74, 6) is 0.113. The second-order valence-electron chi connectivity index (χ2n) is 9.75. The van der Waals surface area contributed by atoms with Crippen molar-refractivity contribution in [2.45, 2.75) is 42.6 Å². The van der Waals surface area contributed by atoms with Crippen LogP contribution < -0.4 is 5.32 Å². The van der Waals surface area contributed by atoms with E-state index in [1.807, 2.05) is 50.2 Å². The average molecular weight is 535 g/mol. The Hall–Kier alpha value is -3.63. The molecule has 0 spiro atoms. The summed E-state index contributed by atoms with van der Waals surface area (Å²) in [7, 11) is 0. The molecule has 3 heterocycles. The summed E-state index contributed by atoms with van der Waals surface area (Å²) >= 11 is 7.69. The number of aromatic hydroxyl groups is 1. The normalized spacial score (nSPS) is 22.1. The van der Waals surface area contributed by atoms with Crippen molar-refractivity contribution in [1.29, 1.82) is 0 Å². The summed E-state index contributed by atoms with van der Waals surface area (Å²) < 4.78 is 1.24. The van der Waals surface area contributed by atoms with Crippen LogP contribution in [0.4, 0.5) is 0 Å². The molecule has 3 unspecified atom stereocenters. The molecule has 2 aliphatic rings. The Labute approximate surface area is 221 Å². The molecule has 2 aliphatic heterocycles. The SMILES string of the molecule is CC1(C)SC2C(NC(=O)c3ccc4ccccc4c3)C(=O)N2C1c1nnnn1Cc1ccc(O)c(Cl)c1. The molecule has 4 aromatic rings. The van der Waals surface area contributed by atoms with Crippen molar-refractivity contribution < 1.29 is 14.7 Å². The quantitative estimate of drug-likeness (QED) is 0.375. The summed E-state index contributed by atoms with van der Waals surface area (Å²) in [4.78, 5) is 28.2. The number of phenolic OH excluding ortho intramolecular Hbond substituents is 1. The number of benzene rings is 3. The number of phenols is 1. The van der Waals surface area contributed by atoms with Crippen LogP contribution in [0, 0.1) is 0 Å². The third-order valence-corrected chi connectivity index (χ3v) is 8.76. The van der Waals surface area contributed by atoms with Gasteiger partial charge in [0.05, 0.1) is 11.6 Å². The van der Waals surface area contributed by atoms with Crippen LogP contribution in [-0.4, -0.2) is 58.2 Å². The molecule has 0 aliphatic carbocycles. The number of nitrogens with one attached hydrogen (secondary N) is 1. The van der Waals surface area contributed by atoms with Crippen LogP contribution in [0.1, 0.15) is 41.6 Å². The van der Waals surface area contributed by atoms with Gasteiger partial charge < -0.3 is 15.3 Å². The first kappa shape index (κ1) is 23.7. The molecule has 1 aromatic heterocycles. The Balaban J connectivity index is 1.22. The summed E-state index contributed by atoms with van der Waals surface area (Å²) in [6.07, 6.45) is 0. The summed E-state index contributed by atoms with van der Waals surface area (Å²) in [5, 5.41) is 27.0. The lowest BCUT2D eigenvalue weighted by Gasteiger charge is -2.44. The standard InChI is InChI=1S/C26H23ClN6O3S/c1-26(2)21(22-29-30-31-32(22)13-14-7-10-19(34)18(27)11-14)33-24(36)20(25(33)37-26)28-23(35)17-9-8-15-5-3-4-6-16(15)12-17/h3-12,20-21,25,34H,13H2,1-2H3,(H,28,35). The molecule has 9 nitrogen and oxygen atoms in total. The minimum atomic E-state index is -0.631. The maximum Gasteiger partial charge on any atom is 0.252 e. The highest BCUT2D eigenvalue weighted by molar-refractivity contribution is 8.01. The zero-order chi connectivity index (χ0) is 25.9. The third kappa shape index (κ3) is 4.00. The first-order valence-corrected chi connectivity index (χ1v) is 13.0. The largest absolute Gasteiger partial charge is 0.506 e. The van der Waals surface area contributed by atoms with E-state index >= 15 is 0 Å². The van der Waals surface area contributed by atoms with E-state index in [-0.39, 0.29) is 34.0 Å². The first-order valence-electron chi connectivity index (χ1n) is 11.8. The van der Waals surface area contributed by atoms with E-state index in [4.69, 9.17) is 11.6 Å². The van der Waals surface area contributed by atoms with Gasteiger partial charge in [0, 0.05) is 10.3 Å². The second-order valence-corrected chi connectivity index (χ2v) is 11.9. The van der Waals surface area contributed by atoms with E-state index in [2.05, 4.69) is 20.8 Å². The van der Waals surface area contributed by atoms with Crippen molar-refractivity contribution in [2.75, 3.05) is 0 Å². The summed E-state index contributed by atoms with van der Waals surface area (Å²) in [6, 6.07) is 17.3. The monoisotopic (exact) mass is 534 g/mol. The van der Waals surface area contributed by atoms with Gasteiger partial charge in [-0.15, -0.1) is 16.9 Å². The number of carbonyl (C=O) groups is 2. The van der Waals surface area contributed by atoms with Gasteiger partial charge in [0.15, 0.2) is 5.82 Å². The molecule has 0 saturated carbocycles. The molecule has 0 radical (unpaired) electrons. The van der Waals surface area contributed by atoms with Gasteiger partial charge in [-0.1, -0.05) is 48.0 Å². The molecule has 0 bridgehead atoms. The number of hydrogen-bond acceptors (Lipinski definition) is 7. The molecule has 3 atom stereocenters. The number of hydrogen-bond donors (Lipinski definition) is 2. The second kappa shape index (κ2) is 8.74. The van der Waals surface area contributed by atoms with E-state index in [0.29, 0.717) is 17.9 Å². The van der Waals surface area contributed by atoms with Crippen LogP contribution in [0.3, 0.4) is 0 Å². The number of carbonyl (C=O) groups excluding carboxylic acids is 2.